The summed E-state index contributed by atoms with van der Waals surface area (Å²) in [5.74, 6) is 0.959. The Kier molecular flexibility index (Phi) is 6.42. The Morgan fingerprint density at radius 1 is 1.10 bits per heavy atom. The second kappa shape index (κ2) is 7.59. The van der Waals surface area contributed by atoms with Gasteiger partial charge in [-0.25, -0.2) is 0 Å². The number of aromatic nitrogens is 3. The maximum Gasteiger partial charge on any atom is 0.231 e. The van der Waals surface area contributed by atoms with E-state index in [0.717, 1.165) is 25.9 Å². The fraction of sp³-hybridized carbons (Fsp3) is 0.769. The number of anilines is 2. The van der Waals surface area contributed by atoms with Crippen LogP contribution in [0, 0.1) is 0 Å². The third kappa shape index (κ3) is 3.93. The van der Waals surface area contributed by atoms with E-state index in [4.69, 9.17) is 11.6 Å². The Morgan fingerprint density at radius 2 is 1.70 bits per heavy atom. The van der Waals surface area contributed by atoms with Gasteiger partial charge in [0.25, 0.3) is 0 Å². The Morgan fingerprint density at radius 3 is 2.15 bits per heavy atom. The molecule has 1 aromatic rings. The Hall–Kier alpha value is -1.14. The van der Waals surface area contributed by atoms with Crippen LogP contribution in [0.5, 0.6) is 0 Å². The molecule has 114 valence electrons. The molecule has 0 aromatic carbocycles. The van der Waals surface area contributed by atoms with Crippen molar-refractivity contribution in [2.45, 2.75) is 46.1 Å². The molecule has 1 rings (SSSR count). The highest BCUT2D eigenvalue weighted by atomic mass is 35.5. The van der Waals surface area contributed by atoms with Crippen LogP contribution >= 0.6 is 11.6 Å². The maximum atomic E-state index is 9.60. The number of aliphatic hydroxyl groups is 1. The minimum atomic E-state index is -0.425. The van der Waals surface area contributed by atoms with E-state index in [0.29, 0.717) is 11.9 Å². The molecule has 0 spiro atoms. The lowest BCUT2D eigenvalue weighted by atomic mass is 9.94. The molecule has 1 aromatic heterocycles. The highest BCUT2D eigenvalue weighted by Crippen LogP contribution is 2.21. The summed E-state index contributed by atoms with van der Waals surface area (Å²) in [5.41, 5.74) is -0.425. The monoisotopic (exact) mass is 301 g/mol. The van der Waals surface area contributed by atoms with E-state index in [1.54, 1.807) is 0 Å². The van der Waals surface area contributed by atoms with Crippen LogP contribution in [0.4, 0.5) is 11.9 Å². The smallest absolute Gasteiger partial charge is 0.231 e. The van der Waals surface area contributed by atoms with Gasteiger partial charge in [0.2, 0.25) is 17.2 Å². The van der Waals surface area contributed by atoms with Gasteiger partial charge in [-0.15, -0.1) is 0 Å². The predicted molar refractivity (Wildman–Crippen MR) is 82.4 cm³/mol. The van der Waals surface area contributed by atoms with E-state index in [2.05, 4.69) is 20.3 Å². The number of nitrogens with zero attached hydrogens (tertiary/aromatic N) is 4. The van der Waals surface area contributed by atoms with Crippen LogP contribution < -0.4 is 10.2 Å². The van der Waals surface area contributed by atoms with E-state index >= 15 is 0 Å². The standard InChI is InChI=1S/C13H24ClN5O/c1-5-13(6-2,9-20)18-11-15-10(14)16-12(17-11)19(7-3)8-4/h20H,5-9H2,1-4H3,(H,15,16,17,18). The van der Waals surface area contributed by atoms with Crippen molar-refractivity contribution in [3.63, 3.8) is 0 Å². The van der Waals surface area contributed by atoms with Crippen LogP contribution in [0.3, 0.4) is 0 Å². The zero-order valence-electron chi connectivity index (χ0n) is 12.6. The predicted octanol–water partition coefficient (Wildman–Crippen LogP) is 2.33. The molecular formula is C13H24ClN5O. The second-order valence-corrected chi connectivity index (χ2v) is 5.01. The first kappa shape index (κ1) is 16.9. The lowest BCUT2D eigenvalue weighted by molar-refractivity contribution is 0.201. The second-order valence-electron chi connectivity index (χ2n) is 4.67. The van der Waals surface area contributed by atoms with Gasteiger partial charge in [-0.3, -0.25) is 0 Å². The summed E-state index contributed by atoms with van der Waals surface area (Å²) >= 11 is 5.98. The van der Waals surface area contributed by atoms with Crippen LogP contribution in [0.1, 0.15) is 40.5 Å². The summed E-state index contributed by atoms with van der Waals surface area (Å²) in [6.45, 7) is 9.70. The molecule has 2 N–H and O–H groups in total. The average Bonchev–Trinajstić information content (AvgIpc) is 2.46. The molecule has 0 amide bonds. The van der Waals surface area contributed by atoms with Crippen molar-refractivity contribution < 1.29 is 5.11 Å². The van der Waals surface area contributed by atoms with Gasteiger partial charge >= 0.3 is 0 Å². The molecule has 6 nitrogen and oxygen atoms in total. The van der Waals surface area contributed by atoms with Gasteiger partial charge < -0.3 is 15.3 Å². The van der Waals surface area contributed by atoms with Crippen molar-refractivity contribution in [1.82, 2.24) is 15.0 Å². The van der Waals surface area contributed by atoms with Crippen LogP contribution in [0.25, 0.3) is 0 Å². The molecule has 0 saturated heterocycles. The summed E-state index contributed by atoms with van der Waals surface area (Å²) in [6, 6.07) is 0. The SMILES string of the molecule is CCN(CC)c1nc(Cl)nc(NC(CC)(CC)CO)n1. The quantitative estimate of drug-likeness (QED) is 0.768. The Bertz CT molecular complexity index is 413. The number of nitrogens with one attached hydrogen (secondary N) is 1. The van der Waals surface area contributed by atoms with Crippen LogP contribution in [0.2, 0.25) is 5.28 Å². The maximum absolute atomic E-state index is 9.60. The summed E-state index contributed by atoms with van der Waals surface area (Å²) in [5, 5.41) is 13.0. The Balaban J connectivity index is 3.07. The summed E-state index contributed by atoms with van der Waals surface area (Å²) in [6.07, 6.45) is 1.54. The van der Waals surface area contributed by atoms with Crippen molar-refractivity contribution in [1.29, 1.82) is 0 Å². The van der Waals surface area contributed by atoms with E-state index in [1.165, 1.54) is 0 Å². The molecule has 0 saturated carbocycles. The molecule has 0 fully saturated rings. The van der Waals surface area contributed by atoms with Gasteiger partial charge in [-0.05, 0) is 38.3 Å². The first-order chi connectivity index (χ1) is 9.53. The van der Waals surface area contributed by atoms with Crippen molar-refractivity contribution in [3.05, 3.63) is 5.28 Å². The molecule has 0 unspecified atom stereocenters. The fourth-order valence-electron chi connectivity index (χ4n) is 1.97. The average molecular weight is 302 g/mol. The molecule has 1 heterocycles. The normalized spacial score (nSPS) is 11.5. The Labute approximate surface area is 125 Å². The zero-order chi connectivity index (χ0) is 15.2. The first-order valence-corrected chi connectivity index (χ1v) is 7.47. The fourth-order valence-corrected chi connectivity index (χ4v) is 2.13. The van der Waals surface area contributed by atoms with Crippen molar-refractivity contribution in [2.75, 3.05) is 29.9 Å². The largest absolute Gasteiger partial charge is 0.394 e. The molecule has 0 aliphatic heterocycles. The third-order valence-corrected chi connectivity index (χ3v) is 3.84. The number of hydrogen-bond acceptors (Lipinski definition) is 6. The summed E-state index contributed by atoms with van der Waals surface area (Å²) < 4.78 is 0. The molecular weight excluding hydrogens is 278 g/mol. The van der Waals surface area contributed by atoms with Gasteiger partial charge in [0, 0.05) is 13.1 Å². The topological polar surface area (TPSA) is 74.2 Å². The number of hydrogen-bond donors (Lipinski definition) is 2. The number of halogens is 1. The number of aliphatic hydroxyl groups excluding tert-OH is 1. The molecule has 0 aliphatic carbocycles. The van der Waals surface area contributed by atoms with Crippen LogP contribution in [-0.4, -0.2) is 45.3 Å². The van der Waals surface area contributed by atoms with Crippen molar-refractivity contribution in [2.24, 2.45) is 0 Å². The van der Waals surface area contributed by atoms with E-state index in [-0.39, 0.29) is 11.9 Å². The lowest BCUT2D eigenvalue weighted by Gasteiger charge is -2.31. The number of rotatable bonds is 8. The first-order valence-electron chi connectivity index (χ1n) is 7.09. The van der Waals surface area contributed by atoms with Crippen molar-refractivity contribution >= 4 is 23.5 Å². The lowest BCUT2D eigenvalue weighted by Crippen LogP contribution is -2.41. The highest BCUT2D eigenvalue weighted by molar-refractivity contribution is 6.28. The van der Waals surface area contributed by atoms with Crippen LogP contribution in [-0.2, 0) is 0 Å². The summed E-state index contributed by atoms with van der Waals surface area (Å²) in [7, 11) is 0. The van der Waals surface area contributed by atoms with Gasteiger partial charge in [0.15, 0.2) is 0 Å². The molecule has 20 heavy (non-hydrogen) atoms. The zero-order valence-corrected chi connectivity index (χ0v) is 13.4. The van der Waals surface area contributed by atoms with Gasteiger partial charge in [-0.1, -0.05) is 13.8 Å². The van der Waals surface area contributed by atoms with E-state index in [9.17, 15) is 5.11 Å². The van der Waals surface area contributed by atoms with E-state index in [1.807, 2.05) is 32.6 Å². The van der Waals surface area contributed by atoms with Crippen LogP contribution in [0.15, 0.2) is 0 Å². The third-order valence-electron chi connectivity index (χ3n) is 3.68. The highest BCUT2D eigenvalue weighted by Gasteiger charge is 2.26. The van der Waals surface area contributed by atoms with Gasteiger partial charge in [0.05, 0.1) is 12.1 Å². The van der Waals surface area contributed by atoms with Crippen molar-refractivity contribution in [3.8, 4) is 0 Å². The molecule has 0 radical (unpaired) electrons. The molecule has 7 heteroatoms. The van der Waals surface area contributed by atoms with Gasteiger partial charge in [-0.2, -0.15) is 15.0 Å². The molecule has 0 aliphatic rings. The minimum Gasteiger partial charge on any atom is -0.394 e. The van der Waals surface area contributed by atoms with E-state index < -0.39 is 5.54 Å². The molecule has 0 atom stereocenters. The van der Waals surface area contributed by atoms with Gasteiger partial charge in [0.1, 0.15) is 0 Å². The minimum absolute atomic E-state index is 0.0178. The summed E-state index contributed by atoms with van der Waals surface area (Å²) in [4.78, 5) is 14.7. The molecule has 0 bridgehead atoms.